The van der Waals surface area contributed by atoms with E-state index in [-0.39, 0.29) is 5.78 Å². The van der Waals surface area contributed by atoms with Crippen LogP contribution in [0.1, 0.15) is 42.3 Å². The summed E-state index contributed by atoms with van der Waals surface area (Å²) >= 11 is 0. The summed E-state index contributed by atoms with van der Waals surface area (Å²) in [5, 5.41) is 10.1. The van der Waals surface area contributed by atoms with Crippen LogP contribution in [0.4, 0.5) is 0 Å². The molecular formula is C15H22O3. The average molecular weight is 250 g/mol. The fourth-order valence-corrected chi connectivity index (χ4v) is 1.82. The van der Waals surface area contributed by atoms with Gasteiger partial charge in [0.15, 0.2) is 5.78 Å². The normalized spacial score (nSPS) is 13.3. The van der Waals surface area contributed by atoms with Crippen LogP contribution in [0.15, 0.2) is 12.1 Å². The van der Waals surface area contributed by atoms with E-state index in [4.69, 9.17) is 4.74 Å². The van der Waals surface area contributed by atoms with Crippen molar-refractivity contribution < 1.29 is 14.6 Å². The maximum atomic E-state index is 12.3. The molecule has 1 aromatic carbocycles. The van der Waals surface area contributed by atoms with Crippen LogP contribution in [0.25, 0.3) is 0 Å². The molecule has 0 saturated carbocycles. The Morgan fingerprint density at radius 1 is 1.22 bits per heavy atom. The van der Waals surface area contributed by atoms with E-state index in [1.165, 1.54) is 0 Å². The van der Waals surface area contributed by atoms with Gasteiger partial charge in [-0.25, -0.2) is 0 Å². The monoisotopic (exact) mass is 250 g/mol. The standard InChI is InChI=1S/C15H22O3/c1-9-8-12(18-6)10(2)7-11(9)13(16)14(17)15(3,4)5/h7-8,14,17H,1-6H3. The number of Topliss-reactive ketones (excluding diaryl/α,β-unsaturated/α-hetero) is 1. The smallest absolute Gasteiger partial charge is 0.192 e. The van der Waals surface area contributed by atoms with Gasteiger partial charge in [-0.15, -0.1) is 0 Å². The summed E-state index contributed by atoms with van der Waals surface area (Å²) < 4.78 is 5.21. The van der Waals surface area contributed by atoms with Gasteiger partial charge in [0.1, 0.15) is 11.9 Å². The number of ketones is 1. The van der Waals surface area contributed by atoms with Crippen molar-refractivity contribution in [1.82, 2.24) is 0 Å². The molecule has 100 valence electrons. The zero-order chi connectivity index (χ0) is 14.1. The molecule has 1 unspecified atom stereocenters. The van der Waals surface area contributed by atoms with Gasteiger partial charge < -0.3 is 9.84 Å². The molecule has 1 rings (SSSR count). The Hall–Kier alpha value is -1.35. The third-order valence-electron chi connectivity index (χ3n) is 3.08. The Morgan fingerprint density at radius 3 is 2.22 bits per heavy atom. The highest BCUT2D eigenvalue weighted by atomic mass is 16.5. The second-order valence-corrected chi connectivity index (χ2v) is 5.77. The van der Waals surface area contributed by atoms with E-state index in [9.17, 15) is 9.90 Å². The minimum Gasteiger partial charge on any atom is -0.496 e. The van der Waals surface area contributed by atoms with Gasteiger partial charge in [0, 0.05) is 5.56 Å². The molecule has 0 aliphatic rings. The van der Waals surface area contributed by atoms with E-state index in [1.807, 2.05) is 40.7 Å². The van der Waals surface area contributed by atoms with Crippen LogP contribution in [-0.2, 0) is 0 Å². The number of ether oxygens (including phenoxy) is 1. The van der Waals surface area contributed by atoms with Crippen molar-refractivity contribution in [3.63, 3.8) is 0 Å². The number of hydrogen-bond donors (Lipinski definition) is 1. The van der Waals surface area contributed by atoms with Crippen LogP contribution in [-0.4, -0.2) is 24.1 Å². The highest BCUT2D eigenvalue weighted by Crippen LogP contribution is 2.27. The topological polar surface area (TPSA) is 46.5 Å². The van der Waals surface area contributed by atoms with E-state index >= 15 is 0 Å². The van der Waals surface area contributed by atoms with E-state index in [0.29, 0.717) is 5.56 Å². The summed E-state index contributed by atoms with van der Waals surface area (Å²) in [6.07, 6.45) is -0.996. The van der Waals surface area contributed by atoms with Gasteiger partial charge in [-0.1, -0.05) is 20.8 Å². The van der Waals surface area contributed by atoms with E-state index in [1.54, 1.807) is 13.2 Å². The van der Waals surface area contributed by atoms with Crippen LogP contribution >= 0.6 is 0 Å². The van der Waals surface area contributed by atoms with Crippen LogP contribution in [0, 0.1) is 19.3 Å². The molecule has 0 aliphatic carbocycles. The fraction of sp³-hybridized carbons (Fsp3) is 0.533. The number of carbonyl (C=O) groups excluding carboxylic acids is 1. The summed E-state index contributed by atoms with van der Waals surface area (Å²) in [7, 11) is 1.60. The predicted molar refractivity (Wildman–Crippen MR) is 72.3 cm³/mol. The van der Waals surface area contributed by atoms with Crippen molar-refractivity contribution >= 4 is 5.78 Å². The van der Waals surface area contributed by atoms with Crippen LogP contribution < -0.4 is 4.74 Å². The molecule has 0 heterocycles. The third kappa shape index (κ3) is 2.91. The lowest BCUT2D eigenvalue weighted by atomic mass is 9.83. The first kappa shape index (κ1) is 14.7. The number of benzene rings is 1. The molecule has 0 saturated heterocycles. The quantitative estimate of drug-likeness (QED) is 0.839. The predicted octanol–water partition coefficient (Wildman–Crippen LogP) is 2.90. The molecule has 3 heteroatoms. The van der Waals surface area contributed by atoms with Crippen molar-refractivity contribution in [1.29, 1.82) is 0 Å². The van der Waals surface area contributed by atoms with E-state index in [0.717, 1.165) is 16.9 Å². The van der Waals surface area contributed by atoms with E-state index in [2.05, 4.69) is 0 Å². The summed E-state index contributed by atoms with van der Waals surface area (Å²) in [6, 6.07) is 3.61. The molecule has 0 amide bonds. The van der Waals surface area contributed by atoms with Gasteiger partial charge >= 0.3 is 0 Å². The molecule has 1 N–H and O–H groups in total. The summed E-state index contributed by atoms with van der Waals surface area (Å²) in [6.45, 7) is 9.28. The maximum absolute atomic E-state index is 12.3. The minimum absolute atomic E-state index is 0.231. The van der Waals surface area contributed by atoms with Crippen molar-refractivity contribution in [2.24, 2.45) is 5.41 Å². The first-order valence-corrected chi connectivity index (χ1v) is 6.06. The molecule has 0 aromatic heterocycles. The van der Waals surface area contributed by atoms with E-state index < -0.39 is 11.5 Å². The Balaban J connectivity index is 3.19. The zero-order valence-corrected chi connectivity index (χ0v) is 12.0. The third-order valence-corrected chi connectivity index (χ3v) is 3.08. The summed E-state index contributed by atoms with van der Waals surface area (Å²) in [4.78, 5) is 12.3. The molecular weight excluding hydrogens is 228 g/mol. The molecule has 18 heavy (non-hydrogen) atoms. The van der Waals surface area contributed by atoms with Crippen LogP contribution in [0.5, 0.6) is 5.75 Å². The van der Waals surface area contributed by atoms with Gasteiger partial charge in [-0.05, 0) is 42.5 Å². The summed E-state index contributed by atoms with van der Waals surface area (Å²) in [5.41, 5.74) is 1.83. The van der Waals surface area contributed by atoms with Crippen molar-refractivity contribution in [3.8, 4) is 5.75 Å². The first-order chi connectivity index (χ1) is 8.18. The number of methoxy groups -OCH3 is 1. The Kier molecular flexibility index (Phi) is 4.17. The Morgan fingerprint density at radius 2 is 1.78 bits per heavy atom. The second-order valence-electron chi connectivity index (χ2n) is 5.77. The zero-order valence-electron chi connectivity index (χ0n) is 12.0. The largest absolute Gasteiger partial charge is 0.496 e. The lowest BCUT2D eigenvalue weighted by Crippen LogP contribution is -2.34. The molecule has 3 nitrogen and oxygen atoms in total. The van der Waals surface area contributed by atoms with Gasteiger partial charge in [0.25, 0.3) is 0 Å². The molecule has 0 aliphatic heterocycles. The molecule has 0 fully saturated rings. The fourth-order valence-electron chi connectivity index (χ4n) is 1.82. The van der Waals surface area contributed by atoms with Gasteiger partial charge in [0.05, 0.1) is 7.11 Å². The lowest BCUT2D eigenvalue weighted by molar-refractivity contribution is 0.0442. The number of carbonyl (C=O) groups is 1. The highest BCUT2D eigenvalue weighted by molar-refractivity contribution is 6.01. The minimum atomic E-state index is -0.996. The Bertz CT molecular complexity index is 456. The summed E-state index contributed by atoms with van der Waals surface area (Å²) in [5.74, 6) is 0.528. The number of rotatable bonds is 3. The maximum Gasteiger partial charge on any atom is 0.192 e. The number of aliphatic hydroxyl groups is 1. The number of aliphatic hydroxyl groups excluding tert-OH is 1. The SMILES string of the molecule is COc1cc(C)c(C(=O)C(O)C(C)(C)C)cc1C. The molecule has 1 atom stereocenters. The van der Waals surface area contributed by atoms with Gasteiger partial charge in [-0.3, -0.25) is 4.79 Å². The highest BCUT2D eigenvalue weighted by Gasteiger charge is 2.30. The lowest BCUT2D eigenvalue weighted by Gasteiger charge is -2.25. The first-order valence-electron chi connectivity index (χ1n) is 6.06. The van der Waals surface area contributed by atoms with Gasteiger partial charge in [-0.2, -0.15) is 0 Å². The van der Waals surface area contributed by atoms with Crippen LogP contribution in [0.3, 0.4) is 0 Å². The molecule has 0 spiro atoms. The van der Waals surface area contributed by atoms with Crippen molar-refractivity contribution in [2.45, 2.75) is 40.7 Å². The van der Waals surface area contributed by atoms with Crippen LogP contribution in [0.2, 0.25) is 0 Å². The average Bonchev–Trinajstić information content (AvgIpc) is 2.28. The molecule has 0 radical (unpaired) electrons. The van der Waals surface area contributed by atoms with Crippen molar-refractivity contribution in [2.75, 3.05) is 7.11 Å². The van der Waals surface area contributed by atoms with Gasteiger partial charge in [0.2, 0.25) is 0 Å². The van der Waals surface area contributed by atoms with Crippen molar-refractivity contribution in [3.05, 3.63) is 28.8 Å². The second kappa shape index (κ2) is 5.11. The molecule has 1 aromatic rings. The Labute approximate surface area is 109 Å². The number of hydrogen-bond acceptors (Lipinski definition) is 3. The number of aryl methyl sites for hydroxylation is 2. The molecule has 0 bridgehead atoms.